The lowest BCUT2D eigenvalue weighted by Crippen LogP contribution is -2.38. The minimum absolute atomic E-state index is 0.0395. The highest BCUT2D eigenvalue weighted by molar-refractivity contribution is 9.10. The van der Waals surface area contributed by atoms with Crippen molar-refractivity contribution < 1.29 is 9.66 Å². The molecule has 1 aliphatic heterocycles. The SMILES string of the molecule is O=c1/c(=C/c2ccc(OCc3ccc([N+](=O)[O-])cc3)c(Br)c2)sc2n1[C@@H](c1ccc(Br)cc1)C1=C(N=2)c2ccccc2CC1. The van der Waals surface area contributed by atoms with E-state index < -0.39 is 4.92 Å². The van der Waals surface area contributed by atoms with Crippen LogP contribution in [0.1, 0.15) is 40.3 Å². The number of rotatable bonds is 6. The molecule has 0 saturated carbocycles. The van der Waals surface area contributed by atoms with Gasteiger partial charge in [-0.2, -0.15) is 0 Å². The number of thiazole rings is 1. The van der Waals surface area contributed by atoms with Gasteiger partial charge in [0.2, 0.25) is 0 Å². The Morgan fingerprint density at radius 1 is 1.00 bits per heavy atom. The molecule has 44 heavy (non-hydrogen) atoms. The molecule has 7 rings (SSSR count). The Morgan fingerprint density at radius 3 is 2.52 bits per heavy atom. The molecule has 2 aliphatic rings. The number of halogens is 2. The maximum atomic E-state index is 14.0. The van der Waals surface area contributed by atoms with Crippen LogP contribution >= 0.6 is 43.2 Å². The molecule has 0 bridgehead atoms. The molecule has 10 heteroatoms. The Labute approximate surface area is 272 Å². The molecule has 0 unspecified atom stereocenters. The second-order valence-electron chi connectivity index (χ2n) is 10.6. The lowest BCUT2D eigenvalue weighted by Gasteiger charge is -2.30. The highest BCUT2D eigenvalue weighted by Gasteiger charge is 2.32. The normalized spacial score (nSPS) is 15.7. The van der Waals surface area contributed by atoms with Gasteiger partial charge in [-0.25, -0.2) is 4.99 Å². The summed E-state index contributed by atoms with van der Waals surface area (Å²) in [6.07, 6.45) is 3.65. The molecule has 0 amide bonds. The summed E-state index contributed by atoms with van der Waals surface area (Å²) in [5, 5.41) is 10.9. The number of hydrogen-bond donors (Lipinski definition) is 0. The van der Waals surface area contributed by atoms with Crippen LogP contribution in [0.3, 0.4) is 0 Å². The van der Waals surface area contributed by atoms with Gasteiger partial charge in [0.1, 0.15) is 12.4 Å². The summed E-state index contributed by atoms with van der Waals surface area (Å²) in [6, 6.07) is 28.3. The van der Waals surface area contributed by atoms with Crippen LogP contribution in [-0.4, -0.2) is 9.49 Å². The van der Waals surface area contributed by atoms with Crippen molar-refractivity contribution in [2.75, 3.05) is 0 Å². The summed E-state index contributed by atoms with van der Waals surface area (Å²) in [5.41, 5.74) is 7.26. The van der Waals surface area contributed by atoms with Crippen molar-refractivity contribution in [1.82, 2.24) is 4.57 Å². The van der Waals surface area contributed by atoms with Crippen LogP contribution in [0.5, 0.6) is 5.75 Å². The largest absolute Gasteiger partial charge is 0.488 e. The number of nitrogens with zero attached hydrogens (tertiary/aromatic N) is 3. The third-order valence-electron chi connectivity index (χ3n) is 7.85. The van der Waals surface area contributed by atoms with Crippen LogP contribution in [0.15, 0.2) is 115 Å². The Morgan fingerprint density at radius 2 is 1.77 bits per heavy atom. The minimum atomic E-state index is -0.426. The second kappa shape index (κ2) is 11.8. The topological polar surface area (TPSA) is 86.7 Å². The fraction of sp³-hybridized carbons (Fsp3) is 0.118. The predicted octanol–water partition coefficient (Wildman–Crippen LogP) is 7.33. The molecule has 1 aromatic heterocycles. The van der Waals surface area contributed by atoms with E-state index in [9.17, 15) is 14.9 Å². The van der Waals surface area contributed by atoms with Gasteiger partial charge < -0.3 is 4.74 Å². The zero-order chi connectivity index (χ0) is 30.4. The first-order valence-corrected chi connectivity index (χ1v) is 16.3. The smallest absolute Gasteiger partial charge is 0.271 e. The molecule has 0 spiro atoms. The van der Waals surface area contributed by atoms with E-state index in [0.717, 1.165) is 49.7 Å². The summed E-state index contributed by atoms with van der Waals surface area (Å²) in [5.74, 6) is 0.628. The lowest BCUT2D eigenvalue weighted by atomic mass is 9.83. The molecule has 1 atom stereocenters. The Kier molecular flexibility index (Phi) is 7.65. The lowest BCUT2D eigenvalue weighted by molar-refractivity contribution is -0.384. The maximum absolute atomic E-state index is 14.0. The van der Waals surface area contributed by atoms with Crippen molar-refractivity contribution in [3.05, 3.63) is 163 Å². The van der Waals surface area contributed by atoms with Gasteiger partial charge in [-0.1, -0.05) is 69.7 Å². The number of aromatic nitrogens is 1. The quantitative estimate of drug-likeness (QED) is 0.135. The zero-order valence-corrected chi connectivity index (χ0v) is 27.1. The molecule has 4 aromatic carbocycles. The molecular formula is C34H23Br2N3O4S. The number of nitro groups is 1. The van der Waals surface area contributed by atoms with Crippen molar-refractivity contribution >= 4 is 60.7 Å². The number of benzene rings is 4. The third-order valence-corrected chi connectivity index (χ3v) is 9.99. The zero-order valence-electron chi connectivity index (χ0n) is 23.1. The summed E-state index contributed by atoms with van der Waals surface area (Å²) in [4.78, 5) is 30.3. The van der Waals surface area contributed by atoms with E-state index in [1.165, 1.54) is 34.6 Å². The van der Waals surface area contributed by atoms with Crippen LogP contribution in [0.2, 0.25) is 0 Å². The van der Waals surface area contributed by atoms with E-state index >= 15 is 0 Å². The van der Waals surface area contributed by atoms with Gasteiger partial charge >= 0.3 is 0 Å². The number of nitro benzene ring substituents is 1. The molecule has 0 radical (unpaired) electrons. The van der Waals surface area contributed by atoms with Crippen molar-refractivity contribution in [3.8, 4) is 5.75 Å². The van der Waals surface area contributed by atoms with Crippen molar-refractivity contribution in [1.29, 1.82) is 0 Å². The Bertz CT molecular complexity index is 2150. The molecule has 0 fully saturated rings. The standard InChI is InChI=1S/C34H23Br2N3O4S/c35-24-11-8-23(9-12-24)32-27-15-10-22-3-1-2-4-26(22)31(27)37-34-38(32)33(40)30(44-34)18-21-7-16-29(28(36)17-21)43-19-20-5-13-25(14-6-20)39(41)42/h1-9,11-14,16-18,32H,10,15,19H2/b30-18-/t32-/m0/s1. The Hall–Kier alpha value is -4.12. The van der Waals surface area contributed by atoms with Crippen LogP contribution in [0.25, 0.3) is 11.8 Å². The summed E-state index contributed by atoms with van der Waals surface area (Å²) in [7, 11) is 0. The number of non-ortho nitro benzene ring substituents is 1. The molecule has 1 aliphatic carbocycles. The van der Waals surface area contributed by atoms with Crippen molar-refractivity contribution in [2.45, 2.75) is 25.5 Å². The number of aryl methyl sites for hydroxylation is 1. The first-order chi connectivity index (χ1) is 21.4. The van der Waals surface area contributed by atoms with Crippen LogP contribution in [-0.2, 0) is 13.0 Å². The van der Waals surface area contributed by atoms with Crippen LogP contribution in [0, 0.1) is 10.1 Å². The van der Waals surface area contributed by atoms with E-state index in [1.54, 1.807) is 12.1 Å². The average molecular weight is 729 g/mol. The number of allylic oxidation sites excluding steroid dienone is 1. The first-order valence-electron chi connectivity index (χ1n) is 13.9. The molecule has 218 valence electrons. The van der Waals surface area contributed by atoms with Gasteiger partial charge in [0.15, 0.2) is 4.80 Å². The summed E-state index contributed by atoms with van der Waals surface area (Å²) < 4.78 is 10.1. The van der Waals surface area contributed by atoms with Gasteiger partial charge in [0.05, 0.1) is 25.7 Å². The molecule has 2 heterocycles. The van der Waals surface area contributed by atoms with Gasteiger partial charge in [-0.05, 0) is 99.1 Å². The summed E-state index contributed by atoms with van der Waals surface area (Å²) >= 11 is 8.55. The fourth-order valence-electron chi connectivity index (χ4n) is 5.72. The molecule has 0 saturated heterocycles. The number of fused-ring (bicyclic) bond motifs is 3. The minimum Gasteiger partial charge on any atom is -0.488 e. The van der Waals surface area contributed by atoms with Crippen LogP contribution in [0.4, 0.5) is 5.69 Å². The van der Waals surface area contributed by atoms with Gasteiger partial charge in [0.25, 0.3) is 11.2 Å². The van der Waals surface area contributed by atoms with Crippen molar-refractivity contribution in [2.24, 2.45) is 4.99 Å². The van der Waals surface area contributed by atoms with Gasteiger partial charge in [0, 0.05) is 22.2 Å². The summed E-state index contributed by atoms with van der Waals surface area (Å²) in [6.45, 7) is 0.262. The van der Waals surface area contributed by atoms with Gasteiger partial charge in [-0.3, -0.25) is 19.5 Å². The highest BCUT2D eigenvalue weighted by atomic mass is 79.9. The maximum Gasteiger partial charge on any atom is 0.271 e. The average Bonchev–Trinajstić information content (AvgIpc) is 3.34. The fourth-order valence-corrected chi connectivity index (χ4v) is 7.49. The molecule has 0 N–H and O–H groups in total. The van der Waals surface area contributed by atoms with Crippen molar-refractivity contribution in [3.63, 3.8) is 0 Å². The number of ether oxygens (including phenoxy) is 1. The van der Waals surface area contributed by atoms with E-state index in [1.807, 2.05) is 47.0 Å². The third kappa shape index (κ3) is 5.38. The van der Waals surface area contributed by atoms with E-state index in [0.29, 0.717) is 15.1 Å². The van der Waals surface area contributed by atoms with E-state index in [2.05, 4.69) is 62.2 Å². The predicted molar refractivity (Wildman–Crippen MR) is 178 cm³/mol. The monoisotopic (exact) mass is 727 g/mol. The van der Waals surface area contributed by atoms with E-state index in [-0.39, 0.29) is 23.9 Å². The van der Waals surface area contributed by atoms with Gasteiger partial charge in [-0.15, -0.1) is 0 Å². The second-order valence-corrected chi connectivity index (χ2v) is 13.3. The first kappa shape index (κ1) is 28.6. The molecular weight excluding hydrogens is 706 g/mol. The molecule has 7 nitrogen and oxygen atoms in total. The highest BCUT2D eigenvalue weighted by Crippen LogP contribution is 2.41. The van der Waals surface area contributed by atoms with Crippen LogP contribution < -0.4 is 19.6 Å². The number of hydrogen-bond acceptors (Lipinski definition) is 6. The van der Waals surface area contributed by atoms with E-state index in [4.69, 9.17) is 9.73 Å². The Balaban J connectivity index is 1.25. The molecule has 5 aromatic rings.